The summed E-state index contributed by atoms with van der Waals surface area (Å²) in [6, 6.07) is 12.4. The molecule has 0 aliphatic carbocycles. The van der Waals surface area contributed by atoms with Crippen molar-refractivity contribution < 1.29 is 42.5 Å². The van der Waals surface area contributed by atoms with Gasteiger partial charge in [-0.05, 0) is 69.5 Å². The third-order valence-corrected chi connectivity index (χ3v) is 5.39. The molecule has 4 N–H and O–H groups in total. The molecule has 0 aromatic heterocycles. The minimum atomic E-state index is -4.77. The third kappa shape index (κ3) is 11.4. The van der Waals surface area contributed by atoms with Crippen LogP contribution in [-0.4, -0.2) is 64.4 Å². The Bertz CT molecular complexity index is 1160. The van der Waals surface area contributed by atoms with Crippen molar-refractivity contribution in [2.45, 2.75) is 19.2 Å². The first-order valence-electron chi connectivity index (χ1n) is 11.2. The molecule has 1 fully saturated rings. The lowest BCUT2D eigenvalue weighted by Gasteiger charge is -2.28. The van der Waals surface area contributed by atoms with Crippen LogP contribution in [-0.2, 0) is 9.59 Å². The number of alkyl halides is 3. The number of carboxylic acid groups (broad SMARTS) is 2. The normalized spacial score (nSPS) is 14.2. The lowest BCUT2D eigenvalue weighted by atomic mass is 9.89. The van der Waals surface area contributed by atoms with Gasteiger partial charge < -0.3 is 30.5 Å². The fourth-order valence-electron chi connectivity index (χ4n) is 3.46. The summed E-state index contributed by atoms with van der Waals surface area (Å²) in [5, 5.41) is 21.6. The van der Waals surface area contributed by atoms with E-state index in [-0.39, 0.29) is 22.6 Å². The van der Waals surface area contributed by atoms with E-state index in [1.54, 1.807) is 30.3 Å². The van der Waals surface area contributed by atoms with Crippen molar-refractivity contribution in [3.05, 3.63) is 66.2 Å². The van der Waals surface area contributed by atoms with Crippen molar-refractivity contribution in [1.29, 1.82) is 0 Å². The highest BCUT2D eigenvalue weighted by Crippen LogP contribution is 2.26. The van der Waals surface area contributed by atoms with Crippen molar-refractivity contribution in [3.63, 3.8) is 0 Å². The molecule has 13 heteroatoms. The number of ketones is 1. The SMILES string of the molecule is CN1CCC(C(=O)c2cccc(NC(=S)Nc3cccc(OC(F)(F)F)c3)c2)CC1.O=C(O)/C=C/C(=O)O. The summed E-state index contributed by atoms with van der Waals surface area (Å²) < 4.78 is 41.0. The molecule has 0 amide bonds. The van der Waals surface area contributed by atoms with Gasteiger partial charge in [-0.25, -0.2) is 9.59 Å². The number of rotatable bonds is 7. The van der Waals surface area contributed by atoms with E-state index in [4.69, 9.17) is 22.4 Å². The molecule has 0 radical (unpaired) electrons. The van der Waals surface area contributed by atoms with Gasteiger partial charge in [0.25, 0.3) is 0 Å². The fourth-order valence-corrected chi connectivity index (χ4v) is 3.70. The van der Waals surface area contributed by atoms with Crippen molar-refractivity contribution in [2.24, 2.45) is 5.92 Å². The van der Waals surface area contributed by atoms with Crippen LogP contribution in [0.15, 0.2) is 60.7 Å². The van der Waals surface area contributed by atoms with E-state index >= 15 is 0 Å². The van der Waals surface area contributed by atoms with E-state index in [2.05, 4.69) is 20.3 Å². The van der Waals surface area contributed by atoms with Gasteiger partial charge in [-0.1, -0.05) is 18.2 Å². The number of carboxylic acids is 2. The standard InChI is InChI=1S/C21H22F3N3O2S.C4H4O4/c1-27-10-8-14(9-11-27)19(28)15-4-2-5-16(12-15)25-20(30)26-17-6-3-7-18(13-17)29-21(22,23)24;5-3(6)1-2-4(7)8/h2-7,12-14H,8-11H2,1H3,(H2,25,26,30);1-2H,(H,5,6)(H,7,8)/b;2-1+. The molecular formula is C25H26F3N3O6S. The number of aliphatic carboxylic acids is 2. The van der Waals surface area contributed by atoms with Gasteiger partial charge in [-0.3, -0.25) is 4.79 Å². The molecule has 1 aliphatic heterocycles. The first kappa shape index (κ1) is 30.3. The van der Waals surface area contributed by atoms with Gasteiger partial charge >= 0.3 is 18.3 Å². The number of halogens is 3. The summed E-state index contributed by atoms with van der Waals surface area (Å²) in [5.74, 6) is -2.73. The number of carbonyl (C=O) groups excluding carboxylic acids is 1. The molecule has 1 saturated heterocycles. The largest absolute Gasteiger partial charge is 0.573 e. The molecule has 0 atom stereocenters. The summed E-state index contributed by atoms with van der Waals surface area (Å²) in [6.45, 7) is 1.80. The second-order valence-electron chi connectivity index (χ2n) is 8.19. The van der Waals surface area contributed by atoms with E-state index in [9.17, 15) is 27.6 Å². The highest BCUT2D eigenvalue weighted by atomic mass is 32.1. The number of ether oxygens (including phenoxy) is 1. The van der Waals surface area contributed by atoms with E-state index in [0.29, 0.717) is 29.1 Å². The van der Waals surface area contributed by atoms with Crippen LogP contribution in [0.2, 0.25) is 0 Å². The van der Waals surface area contributed by atoms with Gasteiger partial charge in [-0.15, -0.1) is 13.2 Å². The average Bonchev–Trinajstić information content (AvgIpc) is 2.82. The number of thiocarbonyl (C=S) groups is 1. The number of likely N-dealkylation sites (tertiary alicyclic amines) is 1. The molecule has 38 heavy (non-hydrogen) atoms. The number of hydrogen-bond donors (Lipinski definition) is 4. The number of nitrogens with zero attached hydrogens (tertiary/aromatic N) is 1. The lowest BCUT2D eigenvalue weighted by molar-refractivity contribution is -0.274. The monoisotopic (exact) mass is 553 g/mol. The Hall–Kier alpha value is -3.97. The van der Waals surface area contributed by atoms with Crippen molar-refractivity contribution in [3.8, 4) is 5.75 Å². The van der Waals surface area contributed by atoms with Crippen LogP contribution in [0.5, 0.6) is 5.75 Å². The van der Waals surface area contributed by atoms with Crippen LogP contribution < -0.4 is 15.4 Å². The average molecular weight is 554 g/mol. The fraction of sp³-hybridized carbons (Fsp3) is 0.280. The summed E-state index contributed by atoms with van der Waals surface area (Å²) >= 11 is 5.24. The first-order chi connectivity index (χ1) is 17.8. The number of anilines is 2. The quantitative estimate of drug-likeness (QED) is 0.219. The Balaban J connectivity index is 0.000000550. The van der Waals surface area contributed by atoms with Gasteiger partial charge in [0.1, 0.15) is 5.75 Å². The van der Waals surface area contributed by atoms with Gasteiger partial charge in [0, 0.05) is 41.1 Å². The minimum Gasteiger partial charge on any atom is -0.478 e. The maximum atomic E-state index is 12.8. The molecule has 3 rings (SSSR count). The van der Waals surface area contributed by atoms with Crippen molar-refractivity contribution >= 4 is 46.4 Å². The van der Waals surface area contributed by atoms with Crippen LogP contribution in [0.1, 0.15) is 23.2 Å². The number of benzene rings is 2. The molecule has 0 unspecified atom stereocenters. The molecule has 0 bridgehead atoms. The highest BCUT2D eigenvalue weighted by Gasteiger charge is 2.31. The van der Waals surface area contributed by atoms with E-state index in [0.717, 1.165) is 25.9 Å². The Kier molecular flexibility index (Phi) is 11.2. The molecule has 1 heterocycles. The van der Waals surface area contributed by atoms with Crippen LogP contribution in [0.4, 0.5) is 24.5 Å². The zero-order valence-corrected chi connectivity index (χ0v) is 21.0. The second kappa shape index (κ2) is 14.1. The van der Waals surface area contributed by atoms with E-state index in [1.807, 2.05) is 7.05 Å². The summed E-state index contributed by atoms with van der Waals surface area (Å²) in [6.07, 6.45) is -1.98. The van der Waals surface area contributed by atoms with Crippen LogP contribution >= 0.6 is 12.2 Å². The van der Waals surface area contributed by atoms with Gasteiger partial charge in [0.05, 0.1) is 0 Å². The Labute approximate surface area is 221 Å². The predicted octanol–water partition coefficient (Wildman–Crippen LogP) is 4.63. The van der Waals surface area contributed by atoms with Gasteiger partial charge in [-0.2, -0.15) is 0 Å². The maximum absolute atomic E-state index is 12.8. The van der Waals surface area contributed by atoms with Gasteiger partial charge in [0.15, 0.2) is 10.9 Å². The topological polar surface area (TPSA) is 128 Å². The molecule has 204 valence electrons. The maximum Gasteiger partial charge on any atom is 0.573 e. The summed E-state index contributed by atoms with van der Waals surface area (Å²) in [5.41, 5.74) is 1.57. The molecule has 2 aromatic carbocycles. The Morgan fingerprint density at radius 1 is 0.974 bits per heavy atom. The molecule has 0 spiro atoms. The Morgan fingerprint density at radius 3 is 2.03 bits per heavy atom. The van der Waals surface area contributed by atoms with Crippen molar-refractivity contribution in [2.75, 3.05) is 30.8 Å². The first-order valence-corrected chi connectivity index (χ1v) is 11.6. The number of piperidine rings is 1. The zero-order chi connectivity index (χ0) is 28.3. The number of Topliss-reactive ketones (excluding diaryl/α,β-unsaturated/α-hetero) is 1. The third-order valence-electron chi connectivity index (χ3n) is 5.19. The highest BCUT2D eigenvalue weighted by molar-refractivity contribution is 7.80. The zero-order valence-electron chi connectivity index (χ0n) is 20.2. The smallest absolute Gasteiger partial charge is 0.478 e. The lowest BCUT2D eigenvalue weighted by Crippen LogP contribution is -2.33. The number of hydrogen-bond acceptors (Lipinski definition) is 6. The molecule has 9 nitrogen and oxygen atoms in total. The number of carbonyl (C=O) groups is 3. The Morgan fingerprint density at radius 2 is 1.50 bits per heavy atom. The predicted molar refractivity (Wildman–Crippen MR) is 138 cm³/mol. The molecule has 0 saturated carbocycles. The molecule has 2 aromatic rings. The van der Waals surface area contributed by atoms with E-state index < -0.39 is 18.3 Å². The number of nitrogens with one attached hydrogen (secondary N) is 2. The van der Waals surface area contributed by atoms with Gasteiger partial charge in [0.2, 0.25) is 0 Å². The minimum absolute atomic E-state index is 0.0119. The molecular weight excluding hydrogens is 527 g/mol. The summed E-state index contributed by atoms with van der Waals surface area (Å²) in [7, 11) is 2.05. The molecule has 1 aliphatic rings. The van der Waals surface area contributed by atoms with Crippen molar-refractivity contribution in [1.82, 2.24) is 4.90 Å². The van der Waals surface area contributed by atoms with E-state index in [1.165, 1.54) is 18.2 Å². The van der Waals surface area contributed by atoms with Crippen LogP contribution in [0.25, 0.3) is 0 Å². The van der Waals surface area contributed by atoms with Crippen LogP contribution in [0.3, 0.4) is 0 Å². The van der Waals surface area contributed by atoms with Crippen LogP contribution in [0, 0.1) is 5.92 Å². The summed E-state index contributed by atoms with van der Waals surface area (Å²) in [4.78, 5) is 34.1. The second-order valence-corrected chi connectivity index (χ2v) is 8.60.